The Kier molecular flexibility index (Phi) is 3.70. The van der Waals surface area contributed by atoms with Crippen LogP contribution >= 0.6 is 0 Å². The van der Waals surface area contributed by atoms with Crippen molar-refractivity contribution in [2.45, 2.75) is 32.2 Å². The summed E-state index contributed by atoms with van der Waals surface area (Å²) in [6, 6.07) is 16.8. The first-order valence-corrected chi connectivity index (χ1v) is 8.51. The maximum Gasteiger partial charge on any atom is 0.0485 e. The van der Waals surface area contributed by atoms with Gasteiger partial charge in [0.1, 0.15) is 0 Å². The Bertz CT molecular complexity index is 815. The highest BCUT2D eigenvalue weighted by Gasteiger charge is 2.18. The van der Waals surface area contributed by atoms with Crippen molar-refractivity contribution in [3.8, 4) is 0 Å². The second kappa shape index (κ2) is 5.99. The minimum absolute atomic E-state index is 0.808. The molecule has 0 fully saturated rings. The van der Waals surface area contributed by atoms with Crippen molar-refractivity contribution < 1.29 is 0 Å². The van der Waals surface area contributed by atoms with Crippen LogP contribution in [0.15, 0.2) is 48.5 Å². The molecule has 0 bridgehead atoms. The van der Waals surface area contributed by atoms with Gasteiger partial charge in [0.2, 0.25) is 0 Å². The van der Waals surface area contributed by atoms with Crippen LogP contribution < -0.4 is 11.1 Å². The molecule has 0 amide bonds. The van der Waals surface area contributed by atoms with Crippen LogP contribution in [-0.2, 0) is 19.4 Å². The second-order valence-electron chi connectivity index (χ2n) is 6.35. The van der Waals surface area contributed by atoms with Crippen molar-refractivity contribution in [1.29, 1.82) is 0 Å². The summed E-state index contributed by atoms with van der Waals surface area (Å²) in [4.78, 5) is 0. The van der Waals surface area contributed by atoms with Crippen LogP contribution in [0.25, 0.3) is 10.9 Å². The number of nitrogens with one attached hydrogen (secondary N) is 1. The van der Waals surface area contributed by atoms with Gasteiger partial charge in [-0.05, 0) is 61.6 Å². The predicted octanol–water partition coefficient (Wildman–Crippen LogP) is 4.21. The number of hydrogen-bond donors (Lipinski definition) is 2. The third-order valence-corrected chi connectivity index (χ3v) is 4.85. The van der Waals surface area contributed by atoms with Crippen LogP contribution in [0.1, 0.15) is 24.1 Å². The molecule has 3 N–H and O–H groups in total. The van der Waals surface area contributed by atoms with Crippen LogP contribution in [0.3, 0.4) is 0 Å². The maximum absolute atomic E-state index is 5.74. The highest BCUT2D eigenvalue weighted by atomic mass is 15.0. The lowest BCUT2D eigenvalue weighted by Crippen LogP contribution is -2.12. The first kappa shape index (κ1) is 14.2. The van der Waals surface area contributed by atoms with E-state index < -0.39 is 0 Å². The van der Waals surface area contributed by atoms with Crippen LogP contribution in [-0.4, -0.2) is 11.1 Å². The zero-order chi connectivity index (χ0) is 15.6. The van der Waals surface area contributed by atoms with E-state index in [-0.39, 0.29) is 0 Å². The van der Waals surface area contributed by atoms with Crippen molar-refractivity contribution in [3.05, 3.63) is 59.8 Å². The number of nitrogens with two attached hydrogens (primary N) is 1. The van der Waals surface area contributed by atoms with E-state index in [0.29, 0.717) is 0 Å². The Morgan fingerprint density at radius 2 is 1.83 bits per heavy atom. The Hall–Kier alpha value is -2.42. The first-order valence-electron chi connectivity index (χ1n) is 8.51. The minimum Gasteiger partial charge on any atom is -0.399 e. The van der Waals surface area contributed by atoms with Crippen LogP contribution in [0.5, 0.6) is 0 Å². The van der Waals surface area contributed by atoms with Crippen LogP contribution in [0, 0.1) is 0 Å². The molecule has 118 valence electrons. The SMILES string of the molecule is Nc1ccc(NCCc2c3n(c4ccccc24)CCCC3)cc1. The van der Waals surface area contributed by atoms with Gasteiger partial charge in [0.05, 0.1) is 0 Å². The molecule has 2 heterocycles. The third-order valence-electron chi connectivity index (χ3n) is 4.85. The summed E-state index contributed by atoms with van der Waals surface area (Å²) in [6.07, 6.45) is 4.89. The Balaban J connectivity index is 1.57. The number of anilines is 2. The zero-order valence-electron chi connectivity index (χ0n) is 13.4. The summed E-state index contributed by atoms with van der Waals surface area (Å²) < 4.78 is 2.54. The highest BCUT2D eigenvalue weighted by Crippen LogP contribution is 2.31. The molecular formula is C20H23N3. The smallest absolute Gasteiger partial charge is 0.0485 e. The van der Waals surface area contributed by atoms with Crippen LogP contribution in [0.4, 0.5) is 11.4 Å². The fraction of sp³-hybridized carbons (Fsp3) is 0.300. The fourth-order valence-corrected chi connectivity index (χ4v) is 3.74. The predicted molar refractivity (Wildman–Crippen MR) is 97.9 cm³/mol. The summed E-state index contributed by atoms with van der Waals surface area (Å²) >= 11 is 0. The van der Waals surface area contributed by atoms with Gasteiger partial charge >= 0.3 is 0 Å². The molecule has 3 nitrogen and oxygen atoms in total. The topological polar surface area (TPSA) is 43.0 Å². The lowest BCUT2D eigenvalue weighted by Gasteiger charge is -2.17. The number of rotatable bonds is 4. The van der Waals surface area contributed by atoms with Gasteiger partial charge in [-0.1, -0.05) is 18.2 Å². The Labute approximate surface area is 137 Å². The standard InChI is InChI=1S/C20H23N3/c21-15-8-10-16(11-9-15)22-13-12-18-17-5-1-2-6-19(17)23-14-4-3-7-20(18)23/h1-2,5-6,8-11,22H,3-4,7,12-14,21H2. The molecule has 0 radical (unpaired) electrons. The third kappa shape index (κ3) is 2.67. The molecule has 2 aromatic carbocycles. The monoisotopic (exact) mass is 305 g/mol. The van der Waals surface area contributed by atoms with E-state index in [2.05, 4.69) is 34.1 Å². The van der Waals surface area contributed by atoms with Gasteiger partial charge in [-0.25, -0.2) is 0 Å². The van der Waals surface area contributed by atoms with E-state index in [1.807, 2.05) is 24.3 Å². The number of nitrogens with zero attached hydrogens (tertiary/aromatic N) is 1. The molecule has 3 aromatic rings. The number of para-hydroxylation sites is 1. The lowest BCUT2D eigenvalue weighted by molar-refractivity contribution is 0.541. The highest BCUT2D eigenvalue weighted by molar-refractivity contribution is 5.85. The van der Waals surface area contributed by atoms with E-state index in [1.54, 1.807) is 5.69 Å². The van der Waals surface area contributed by atoms with Gasteiger partial charge < -0.3 is 15.6 Å². The molecule has 1 aromatic heterocycles. The van der Waals surface area contributed by atoms with Gasteiger partial charge in [0, 0.05) is 41.1 Å². The number of nitrogen functional groups attached to an aromatic ring is 1. The number of fused-ring (bicyclic) bond motifs is 3. The summed E-state index contributed by atoms with van der Waals surface area (Å²) in [5.41, 5.74) is 12.2. The molecule has 0 spiro atoms. The fourth-order valence-electron chi connectivity index (χ4n) is 3.74. The summed E-state index contributed by atoms with van der Waals surface area (Å²) in [6.45, 7) is 2.12. The van der Waals surface area contributed by atoms with Crippen LogP contribution in [0.2, 0.25) is 0 Å². The molecule has 0 saturated heterocycles. The summed E-state index contributed by atoms with van der Waals surface area (Å²) in [7, 11) is 0. The van der Waals surface area contributed by atoms with Gasteiger partial charge in [0.25, 0.3) is 0 Å². The largest absolute Gasteiger partial charge is 0.399 e. The first-order chi connectivity index (χ1) is 11.3. The second-order valence-corrected chi connectivity index (χ2v) is 6.35. The number of hydrogen-bond acceptors (Lipinski definition) is 2. The van der Waals surface area contributed by atoms with Crippen molar-refractivity contribution in [3.63, 3.8) is 0 Å². The van der Waals surface area contributed by atoms with E-state index in [9.17, 15) is 0 Å². The molecule has 3 heteroatoms. The van der Waals surface area contributed by atoms with Crippen molar-refractivity contribution in [1.82, 2.24) is 4.57 Å². The number of aromatic nitrogens is 1. The van der Waals surface area contributed by atoms with Gasteiger partial charge in [-0.2, -0.15) is 0 Å². The minimum atomic E-state index is 0.808. The molecular weight excluding hydrogens is 282 g/mol. The average Bonchev–Trinajstić information content (AvgIpc) is 2.91. The van der Waals surface area contributed by atoms with Gasteiger partial charge in [-0.15, -0.1) is 0 Å². The Morgan fingerprint density at radius 1 is 1.00 bits per heavy atom. The quantitative estimate of drug-likeness (QED) is 0.709. The van der Waals surface area contributed by atoms with Gasteiger partial charge in [0.15, 0.2) is 0 Å². The molecule has 0 aliphatic carbocycles. The van der Waals surface area contributed by atoms with E-state index in [1.165, 1.54) is 42.3 Å². The molecule has 1 aliphatic heterocycles. The van der Waals surface area contributed by atoms with Crippen molar-refractivity contribution in [2.24, 2.45) is 0 Å². The number of benzene rings is 2. The molecule has 1 aliphatic rings. The molecule has 23 heavy (non-hydrogen) atoms. The molecule has 0 saturated carbocycles. The lowest BCUT2D eigenvalue weighted by atomic mass is 10.0. The summed E-state index contributed by atoms with van der Waals surface area (Å²) in [5, 5.41) is 4.95. The summed E-state index contributed by atoms with van der Waals surface area (Å²) in [5.74, 6) is 0. The maximum atomic E-state index is 5.74. The molecule has 0 unspecified atom stereocenters. The van der Waals surface area contributed by atoms with Crippen molar-refractivity contribution >= 4 is 22.3 Å². The van der Waals surface area contributed by atoms with Gasteiger partial charge in [-0.3, -0.25) is 0 Å². The Morgan fingerprint density at radius 3 is 2.70 bits per heavy atom. The molecule has 4 rings (SSSR count). The zero-order valence-corrected chi connectivity index (χ0v) is 13.4. The normalized spacial score (nSPS) is 13.9. The van der Waals surface area contributed by atoms with E-state index >= 15 is 0 Å². The average molecular weight is 305 g/mol. The van der Waals surface area contributed by atoms with Crippen molar-refractivity contribution in [2.75, 3.05) is 17.6 Å². The number of aryl methyl sites for hydroxylation is 1. The van der Waals surface area contributed by atoms with E-state index in [4.69, 9.17) is 5.73 Å². The van der Waals surface area contributed by atoms with E-state index in [0.717, 1.165) is 24.3 Å². The molecule has 0 atom stereocenters.